The fourth-order valence-corrected chi connectivity index (χ4v) is 2.79. The molecule has 0 aromatic heterocycles. The van der Waals surface area contributed by atoms with E-state index in [1.165, 1.54) is 0 Å². The Morgan fingerprint density at radius 3 is 1.88 bits per heavy atom. The summed E-state index contributed by atoms with van der Waals surface area (Å²) in [7, 11) is 1.58. The molecule has 0 aliphatic carbocycles. The number of hydrogen-bond acceptors (Lipinski definition) is 4. The number of carbonyl (C=O) groups is 1. The summed E-state index contributed by atoms with van der Waals surface area (Å²) in [6.45, 7) is 4.16. The van der Waals surface area contributed by atoms with Crippen LogP contribution in [0.1, 0.15) is 37.8 Å². The Kier molecular flexibility index (Phi) is 7.31. The summed E-state index contributed by atoms with van der Waals surface area (Å²) < 4.78 is 5.81. The zero-order valence-electron chi connectivity index (χ0n) is 15.1. The third kappa shape index (κ3) is 4.98. The minimum atomic E-state index is -1.19. The summed E-state index contributed by atoms with van der Waals surface area (Å²) in [5, 5.41) is 0. The number of methoxy groups -OCH3 is 1. The quantitative estimate of drug-likeness (QED) is 0.276. The molecule has 0 saturated heterocycles. The van der Waals surface area contributed by atoms with Gasteiger partial charge in [-0.2, -0.15) is 4.89 Å². The predicted molar refractivity (Wildman–Crippen MR) is 96.8 cm³/mol. The van der Waals surface area contributed by atoms with E-state index in [1.54, 1.807) is 7.11 Å². The lowest BCUT2D eigenvalue weighted by atomic mass is 9.97. The third-order valence-electron chi connectivity index (χ3n) is 3.99. The number of ether oxygens (including phenoxy) is 1. The Morgan fingerprint density at radius 2 is 1.48 bits per heavy atom. The number of hydrogen-bond donors (Lipinski definition) is 0. The van der Waals surface area contributed by atoms with E-state index in [-0.39, 0.29) is 12.5 Å². The Morgan fingerprint density at radius 1 is 0.960 bits per heavy atom. The molecule has 0 aliphatic heterocycles. The SMILES string of the molecule is COC(OOC(CC=O)CC(C)C)(c1ccccc1)c1ccccc1. The van der Waals surface area contributed by atoms with Crippen molar-refractivity contribution in [3.63, 3.8) is 0 Å². The first-order valence-corrected chi connectivity index (χ1v) is 8.56. The highest BCUT2D eigenvalue weighted by atomic mass is 17.2. The van der Waals surface area contributed by atoms with Gasteiger partial charge in [-0.25, -0.2) is 4.89 Å². The van der Waals surface area contributed by atoms with Crippen LogP contribution in [0.3, 0.4) is 0 Å². The summed E-state index contributed by atoms with van der Waals surface area (Å²) in [4.78, 5) is 22.6. The Hall–Kier alpha value is -2.01. The molecule has 0 bridgehead atoms. The molecule has 4 nitrogen and oxygen atoms in total. The zero-order valence-corrected chi connectivity index (χ0v) is 15.1. The normalized spacial score (nSPS) is 13.0. The van der Waals surface area contributed by atoms with Crippen LogP contribution in [-0.4, -0.2) is 19.5 Å². The summed E-state index contributed by atoms with van der Waals surface area (Å²) >= 11 is 0. The average Bonchev–Trinajstić information content (AvgIpc) is 2.64. The van der Waals surface area contributed by atoms with Gasteiger partial charge in [-0.05, 0) is 12.3 Å². The van der Waals surface area contributed by atoms with Gasteiger partial charge in [0.25, 0.3) is 5.79 Å². The van der Waals surface area contributed by atoms with Crippen LogP contribution < -0.4 is 0 Å². The van der Waals surface area contributed by atoms with E-state index >= 15 is 0 Å². The van der Waals surface area contributed by atoms with Gasteiger partial charge in [0.1, 0.15) is 6.29 Å². The molecule has 0 fully saturated rings. The maximum Gasteiger partial charge on any atom is 0.253 e. The van der Waals surface area contributed by atoms with Gasteiger partial charge in [0.2, 0.25) is 0 Å². The molecular formula is C21H26O4. The lowest BCUT2D eigenvalue weighted by Crippen LogP contribution is -2.35. The molecule has 0 amide bonds. The second kappa shape index (κ2) is 9.47. The number of carbonyl (C=O) groups excluding carboxylic acids is 1. The van der Waals surface area contributed by atoms with Crippen molar-refractivity contribution in [1.82, 2.24) is 0 Å². The smallest absolute Gasteiger partial charge is 0.253 e. The standard InChI is InChI=1S/C21H26O4/c1-17(2)16-20(14-15-22)24-25-21(23-3,18-10-6-4-7-11-18)19-12-8-5-9-13-19/h4-13,15,17,20H,14,16H2,1-3H3. The minimum Gasteiger partial charge on any atom is -0.344 e. The van der Waals surface area contributed by atoms with Crippen LogP contribution in [0.4, 0.5) is 0 Å². The zero-order chi connectivity index (χ0) is 18.1. The highest BCUT2D eigenvalue weighted by Gasteiger charge is 2.38. The van der Waals surface area contributed by atoms with Gasteiger partial charge in [-0.3, -0.25) is 0 Å². The fraction of sp³-hybridized carbons (Fsp3) is 0.381. The van der Waals surface area contributed by atoms with Gasteiger partial charge in [0.15, 0.2) is 0 Å². The minimum absolute atomic E-state index is 0.279. The molecule has 0 spiro atoms. The van der Waals surface area contributed by atoms with Crippen molar-refractivity contribution in [3.8, 4) is 0 Å². The fourth-order valence-electron chi connectivity index (χ4n) is 2.79. The molecule has 2 aromatic carbocycles. The molecule has 4 heteroatoms. The van der Waals surface area contributed by atoms with Crippen LogP contribution in [0, 0.1) is 5.92 Å². The van der Waals surface area contributed by atoms with Gasteiger partial charge < -0.3 is 9.53 Å². The molecule has 2 aromatic rings. The number of benzene rings is 2. The monoisotopic (exact) mass is 342 g/mol. The first-order chi connectivity index (χ1) is 12.1. The summed E-state index contributed by atoms with van der Waals surface area (Å²) in [5.41, 5.74) is 1.64. The number of aldehydes is 1. The van der Waals surface area contributed by atoms with E-state index < -0.39 is 5.79 Å². The van der Waals surface area contributed by atoms with Gasteiger partial charge in [-0.15, -0.1) is 0 Å². The molecule has 1 unspecified atom stereocenters. The molecule has 0 saturated carbocycles. The van der Waals surface area contributed by atoms with Crippen LogP contribution in [0.2, 0.25) is 0 Å². The van der Waals surface area contributed by atoms with Crippen molar-refractivity contribution in [2.24, 2.45) is 5.92 Å². The highest BCUT2D eigenvalue weighted by molar-refractivity contribution is 5.50. The van der Waals surface area contributed by atoms with Gasteiger partial charge in [-0.1, -0.05) is 74.5 Å². The first kappa shape index (κ1) is 19.3. The predicted octanol–water partition coefficient (Wildman–Crippen LogP) is 4.49. The average molecular weight is 342 g/mol. The first-order valence-electron chi connectivity index (χ1n) is 8.56. The van der Waals surface area contributed by atoms with Crippen LogP contribution in [-0.2, 0) is 25.1 Å². The maximum absolute atomic E-state index is 11.0. The second-order valence-electron chi connectivity index (χ2n) is 6.39. The Bertz CT molecular complexity index is 585. The number of rotatable bonds is 10. The van der Waals surface area contributed by atoms with Gasteiger partial charge >= 0.3 is 0 Å². The van der Waals surface area contributed by atoms with Crippen molar-refractivity contribution in [1.29, 1.82) is 0 Å². The van der Waals surface area contributed by atoms with E-state index in [1.807, 2.05) is 60.7 Å². The van der Waals surface area contributed by atoms with Crippen LogP contribution in [0.5, 0.6) is 0 Å². The van der Waals surface area contributed by atoms with E-state index in [4.69, 9.17) is 14.5 Å². The van der Waals surface area contributed by atoms with Gasteiger partial charge in [0, 0.05) is 24.7 Å². The summed E-state index contributed by atoms with van der Waals surface area (Å²) in [6, 6.07) is 19.3. The van der Waals surface area contributed by atoms with E-state index in [9.17, 15) is 4.79 Å². The molecular weight excluding hydrogens is 316 g/mol. The maximum atomic E-state index is 11.0. The molecule has 1 atom stereocenters. The van der Waals surface area contributed by atoms with Crippen molar-refractivity contribution < 1.29 is 19.3 Å². The molecule has 0 N–H and O–H groups in total. The lowest BCUT2D eigenvalue weighted by molar-refractivity contribution is -0.435. The molecule has 0 aliphatic rings. The lowest BCUT2D eigenvalue weighted by Gasteiger charge is -2.33. The highest BCUT2D eigenvalue weighted by Crippen LogP contribution is 2.35. The molecule has 2 rings (SSSR count). The van der Waals surface area contributed by atoms with Crippen molar-refractivity contribution in [2.45, 2.75) is 38.6 Å². The largest absolute Gasteiger partial charge is 0.344 e. The molecule has 25 heavy (non-hydrogen) atoms. The second-order valence-corrected chi connectivity index (χ2v) is 6.39. The molecule has 0 heterocycles. The summed E-state index contributed by atoms with van der Waals surface area (Å²) in [6.07, 6.45) is 1.54. The topological polar surface area (TPSA) is 44.8 Å². The van der Waals surface area contributed by atoms with Gasteiger partial charge in [0.05, 0.1) is 6.10 Å². The van der Waals surface area contributed by atoms with E-state index in [2.05, 4.69) is 13.8 Å². The van der Waals surface area contributed by atoms with E-state index in [0.717, 1.165) is 23.8 Å². The van der Waals surface area contributed by atoms with Crippen LogP contribution >= 0.6 is 0 Å². The Labute approximate surface area is 149 Å². The van der Waals surface area contributed by atoms with Crippen LogP contribution in [0.25, 0.3) is 0 Å². The molecule has 0 radical (unpaired) electrons. The third-order valence-corrected chi connectivity index (χ3v) is 3.99. The summed E-state index contributed by atoms with van der Waals surface area (Å²) in [5.74, 6) is -0.806. The van der Waals surface area contributed by atoms with Crippen LogP contribution in [0.15, 0.2) is 60.7 Å². The molecule has 134 valence electrons. The van der Waals surface area contributed by atoms with Crippen molar-refractivity contribution in [3.05, 3.63) is 71.8 Å². The Balaban J connectivity index is 2.33. The van der Waals surface area contributed by atoms with Crippen molar-refractivity contribution in [2.75, 3.05) is 7.11 Å². The van der Waals surface area contributed by atoms with Crippen molar-refractivity contribution >= 4 is 6.29 Å². The van der Waals surface area contributed by atoms with E-state index in [0.29, 0.717) is 5.92 Å².